The number of aromatic nitrogens is 4. The molecule has 0 amide bonds. The highest BCUT2D eigenvalue weighted by atomic mass is 127. The molecule has 3 atom stereocenters. The fourth-order valence-electron chi connectivity index (χ4n) is 7.61. The van der Waals surface area contributed by atoms with Gasteiger partial charge < -0.3 is 9.26 Å². The number of rotatable bonds is 9. The van der Waals surface area contributed by atoms with Gasteiger partial charge in [-0.15, -0.1) is 5.10 Å². The van der Waals surface area contributed by atoms with Crippen molar-refractivity contribution in [3.8, 4) is 0 Å². The van der Waals surface area contributed by atoms with E-state index < -0.39 is 21.9 Å². The molecule has 1 aliphatic carbocycles. The Kier molecular flexibility index (Phi) is 8.14. The van der Waals surface area contributed by atoms with E-state index in [-0.39, 0.29) is 18.5 Å². The van der Waals surface area contributed by atoms with Crippen molar-refractivity contribution in [1.29, 1.82) is 0 Å². The van der Waals surface area contributed by atoms with Crippen molar-refractivity contribution < 1.29 is 18.3 Å². The van der Waals surface area contributed by atoms with Crippen molar-refractivity contribution in [3.63, 3.8) is 0 Å². The molecule has 2 aromatic carbocycles. The lowest BCUT2D eigenvalue weighted by Gasteiger charge is -2.44. The molecule has 4 aromatic rings. The van der Waals surface area contributed by atoms with Crippen LogP contribution < -0.4 is 4.15 Å². The minimum Gasteiger partial charge on any atom is -0.481 e. The second-order valence-electron chi connectivity index (χ2n) is 13.5. The molecular formula is C33H38IN6O4SSi+. The lowest BCUT2D eigenvalue weighted by Crippen LogP contribution is -2.64. The van der Waals surface area contributed by atoms with Crippen LogP contribution in [0.1, 0.15) is 72.8 Å². The Hall–Kier alpha value is -2.72. The zero-order chi connectivity index (χ0) is 32.4. The van der Waals surface area contributed by atoms with Gasteiger partial charge >= 0.3 is 13.1 Å². The van der Waals surface area contributed by atoms with Gasteiger partial charge in [0.1, 0.15) is 11.1 Å². The average molecular weight is 770 g/mol. The maximum Gasteiger partial charge on any atom is 0.484 e. The van der Waals surface area contributed by atoms with Crippen molar-refractivity contribution in [2.45, 2.75) is 82.3 Å². The van der Waals surface area contributed by atoms with E-state index in [4.69, 9.17) is 4.98 Å². The summed E-state index contributed by atoms with van der Waals surface area (Å²) in [7, 11) is -3.41. The summed E-state index contributed by atoms with van der Waals surface area (Å²) >= 11 is 2.42. The van der Waals surface area contributed by atoms with Crippen LogP contribution in [0.25, 0.3) is 11.0 Å². The van der Waals surface area contributed by atoms with Gasteiger partial charge in [-0.3, -0.25) is 4.79 Å². The van der Waals surface area contributed by atoms with Crippen LogP contribution >= 0.6 is 21.8 Å². The van der Waals surface area contributed by atoms with Crippen molar-refractivity contribution in [3.05, 3.63) is 76.5 Å². The maximum atomic E-state index is 14.4. The first-order chi connectivity index (χ1) is 22.0. The van der Waals surface area contributed by atoms with E-state index in [0.717, 1.165) is 64.8 Å². The molecule has 13 heteroatoms. The second kappa shape index (κ2) is 11.8. The molecule has 2 radical (unpaired) electrons. The number of nitrogens with zero attached hydrogens (tertiary/aromatic N) is 6. The fourth-order valence-corrected chi connectivity index (χ4v) is 13.5. The quantitative estimate of drug-likeness (QED) is 0.136. The number of sulfonamides is 1. The third-order valence-corrected chi connectivity index (χ3v) is 16.1. The van der Waals surface area contributed by atoms with E-state index in [2.05, 4.69) is 39.0 Å². The Labute approximate surface area is 284 Å². The summed E-state index contributed by atoms with van der Waals surface area (Å²) < 4.78 is 32.9. The molecule has 7 rings (SSSR count). The van der Waals surface area contributed by atoms with Gasteiger partial charge in [0, 0.05) is 38.0 Å². The van der Waals surface area contributed by atoms with Crippen molar-refractivity contribution in [1.82, 2.24) is 28.4 Å². The SMILES string of the molecule is Cc1ccc([C@H](CC(=O)O)c2ccc3c(nnn3CC3CC3)c2C)cc1CN1C[C@]2(C)CCC[N+]2([Si]I)c2ncccc2S1(=O)=O. The number of carboxylic acid groups (broad SMARTS) is 1. The van der Waals surface area contributed by atoms with Crippen LogP contribution in [0.4, 0.5) is 5.82 Å². The van der Waals surface area contributed by atoms with Gasteiger partial charge in [-0.05, 0) is 107 Å². The average Bonchev–Trinajstić information content (AvgIpc) is 3.66. The molecule has 1 unspecified atom stereocenters. The van der Waals surface area contributed by atoms with Crippen LogP contribution in [0.5, 0.6) is 0 Å². The minimum atomic E-state index is -3.86. The van der Waals surface area contributed by atoms with E-state index in [9.17, 15) is 18.3 Å². The Morgan fingerprint density at radius 3 is 2.76 bits per heavy atom. The van der Waals surface area contributed by atoms with Gasteiger partial charge in [0.25, 0.3) is 10.0 Å². The van der Waals surface area contributed by atoms with Crippen molar-refractivity contribution in [2.75, 3.05) is 13.1 Å². The molecule has 2 aliphatic heterocycles. The molecule has 3 aliphatic rings. The third kappa shape index (κ3) is 5.22. The van der Waals surface area contributed by atoms with E-state index in [1.54, 1.807) is 22.6 Å². The van der Waals surface area contributed by atoms with E-state index in [0.29, 0.717) is 34.5 Å². The number of aryl methyl sites for hydroxylation is 2. The minimum absolute atomic E-state index is 0.0965. The molecule has 0 bridgehead atoms. The standard InChI is InChI=1S/C33H38IN6O4SSi/c1-21-7-10-24(27(17-30(41)42)26-11-12-28-31(22(26)2)36-37-39(28)18-23-8-9-23)16-25(21)19-38-20-33(3)13-5-15-40(33,46-34)32-29(45(38,43)44)6-4-14-35-32/h4,6-7,10-12,14,16,23,27H,5,8-9,13,15,17-20H2,1-3H3,(H,41,42)/q+1/t27-,33-,40?/m0/s1. The summed E-state index contributed by atoms with van der Waals surface area (Å²) in [4.78, 5) is 17.3. The molecule has 2 aromatic heterocycles. The number of hydrogen-bond acceptors (Lipinski definition) is 6. The second-order valence-corrected chi connectivity index (χ2v) is 17.8. The lowest BCUT2D eigenvalue weighted by molar-refractivity contribution is -0.137. The van der Waals surface area contributed by atoms with Crippen LogP contribution in [-0.4, -0.2) is 69.6 Å². The molecule has 1 saturated carbocycles. The molecule has 1 saturated heterocycles. The summed E-state index contributed by atoms with van der Waals surface area (Å²) in [5.74, 6) is -0.0184. The summed E-state index contributed by atoms with van der Waals surface area (Å²) in [5.41, 5.74) is 5.95. The van der Waals surface area contributed by atoms with Gasteiger partial charge in [0.15, 0.2) is 4.90 Å². The number of hydrogen-bond donors (Lipinski definition) is 1. The number of quaternary nitrogens is 1. The number of carbonyl (C=O) groups is 1. The highest BCUT2D eigenvalue weighted by Gasteiger charge is 2.59. The van der Waals surface area contributed by atoms with Gasteiger partial charge in [-0.25, -0.2) is 18.1 Å². The zero-order valence-electron chi connectivity index (χ0n) is 26.3. The van der Waals surface area contributed by atoms with Gasteiger partial charge in [-0.2, -0.15) is 4.31 Å². The summed E-state index contributed by atoms with van der Waals surface area (Å²) in [6.45, 7) is 8.50. The number of carboxylic acids is 1. The van der Waals surface area contributed by atoms with Crippen molar-refractivity contribution in [2.24, 2.45) is 5.92 Å². The molecule has 0 spiro atoms. The highest BCUT2D eigenvalue weighted by Crippen LogP contribution is 2.48. The topological polar surface area (TPSA) is 118 Å². The summed E-state index contributed by atoms with van der Waals surface area (Å²) in [6.07, 6.45) is 5.98. The fraction of sp³-hybridized carbons (Fsp3) is 0.455. The number of pyridine rings is 1. The molecule has 2 fully saturated rings. The van der Waals surface area contributed by atoms with Crippen LogP contribution in [0, 0.1) is 19.8 Å². The Balaban J connectivity index is 1.28. The van der Waals surface area contributed by atoms with Crippen LogP contribution in [0.15, 0.2) is 53.6 Å². The van der Waals surface area contributed by atoms with E-state index in [1.165, 1.54) is 12.8 Å². The highest BCUT2D eigenvalue weighted by molar-refractivity contribution is 14.1. The van der Waals surface area contributed by atoms with E-state index >= 15 is 0 Å². The molecule has 46 heavy (non-hydrogen) atoms. The van der Waals surface area contributed by atoms with Gasteiger partial charge in [0.05, 0.1) is 25.0 Å². The summed E-state index contributed by atoms with van der Waals surface area (Å²) in [6, 6.07) is 13.4. The molecule has 10 nitrogen and oxygen atoms in total. The smallest absolute Gasteiger partial charge is 0.481 e. The first-order valence-corrected chi connectivity index (χ1v) is 21.3. The third-order valence-electron chi connectivity index (χ3n) is 10.5. The number of fused-ring (bicyclic) bond motifs is 4. The Morgan fingerprint density at radius 1 is 1.22 bits per heavy atom. The molecular weight excluding hydrogens is 731 g/mol. The Morgan fingerprint density at radius 2 is 2.02 bits per heavy atom. The van der Waals surface area contributed by atoms with Crippen LogP contribution in [0.3, 0.4) is 0 Å². The first-order valence-electron chi connectivity index (χ1n) is 15.8. The summed E-state index contributed by atoms with van der Waals surface area (Å²) in [5, 5.41) is 19.0. The Bertz CT molecular complexity index is 1970. The van der Waals surface area contributed by atoms with Crippen molar-refractivity contribution >= 4 is 61.8 Å². The number of aliphatic carboxylic acids is 1. The van der Waals surface area contributed by atoms with Crippen LogP contribution in [-0.2, 0) is 27.9 Å². The lowest BCUT2D eigenvalue weighted by atomic mass is 9.84. The van der Waals surface area contributed by atoms with Crippen LogP contribution in [0.2, 0.25) is 0 Å². The zero-order valence-corrected chi connectivity index (χ0v) is 30.3. The normalized spacial score (nSPS) is 24.8. The monoisotopic (exact) mass is 769 g/mol. The largest absolute Gasteiger partial charge is 0.484 e. The first kappa shape index (κ1) is 31.9. The predicted octanol–water partition coefficient (Wildman–Crippen LogP) is 5.49. The van der Waals surface area contributed by atoms with Gasteiger partial charge in [-0.1, -0.05) is 29.5 Å². The van der Waals surface area contributed by atoms with E-state index in [1.807, 2.05) is 48.9 Å². The molecule has 4 heterocycles. The number of halogens is 1. The predicted molar refractivity (Wildman–Crippen MR) is 186 cm³/mol. The molecule has 240 valence electrons. The maximum absolute atomic E-state index is 14.4. The number of benzene rings is 2. The van der Waals surface area contributed by atoms with Gasteiger partial charge in [0.2, 0.25) is 5.82 Å². The molecule has 1 N–H and O–H groups in total.